The largest absolute Gasteiger partial charge is 0.503 e. The van der Waals surface area contributed by atoms with Gasteiger partial charge in [0.15, 0.2) is 10.7 Å². The first kappa shape index (κ1) is 22.4. The van der Waals surface area contributed by atoms with Crippen LogP contribution in [0.3, 0.4) is 0 Å². The number of rotatable bonds is 6. The molecule has 1 unspecified atom stereocenters. The molecule has 0 saturated carbocycles. The molecule has 3 aromatic heterocycles. The van der Waals surface area contributed by atoms with Crippen LogP contribution in [0.15, 0.2) is 53.1 Å². The van der Waals surface area contributed by atoms with Gasteiger partial charge in [-0.15, -0.1) is 11.3 Å². The number of ketones is 1. The molecular formula is C25H24N4O4S2. The van der Waals surface area contributed by atoms with Gasteiger partial charge in [-0.2, -0.15) is 0 Å². The lowest BCUT2D eigenvalue weighted by Crippen LogP contribution is -2.43. The topological polar surface area (TPSA) is 87.4 Å². The summed E-state index contributed by atoms with van der Waals surface area (Å²) in [5.74, 6) is -1.27. The van der Waals surface area contributed by atoms with Gasteiger partial charge in [-0.1, -0.05) is 29.5 Å². The second kappa shape index (κ2) is 8.87. The Balaban J connectivity index is 1.37. The van der Waals surface area contributed by atoms with Crippen LogP contribution in [0.2, 0.25) is 0 Å². The van der Waals surface area contributed by atoms with Crippen LogP contribution < -0.4 is 0 Å². The van der Waals surface area contributed by atoms with E-state index in [1.165, 1.54) is 22.7 Å². The predicted octanol–water partition coefficient (Wildman–Crippen LogP) is 3.83. The van der Waals surface area contributed by atoms with E-state index in [9.17, 15) is 14.7 Å². The van der Waals surface area contributed by atoms with E-state index in [0.717, 1.165) is 34.7 Å². The van der Waals surface area contributed by atoms with Gasteiger partial charge in [0.1, 0.15) is 0 Å². The number of carbonyl (C=O) groups is 2. The number of carbonyl (C=O) groups excluding carboxylic acids is 2. The molecule has 5 heterocycles. The van der Waals surface area contributed by atoms with E-state index in [0.29, 0.717) is 36.1 Å². The van der Waals surface area contributed by atoms with Crippen molar-refractivity contribution < 1.29 is 19.4 Å². The third-order valence-electron chi connectivity index (χ3n) is 6.72. The number of ether oxygens (including phenoxy) is 1. The lowest BCUT2D eigenvalue weighted by atomic mass is 10.00. The number of para-hydroxylation sites is 2. The van der Waals surface area contributed by atoms with Crippen LogP contribution in [0.4, 0.5) is 0 Å². The molecular weight excluding hydrogens is 484 g/mol. The van der Waals surface area contributed by atoms with Gasteiger partial charge >= 0.3 is 0 Å². The van der Waals surface area contributed by atoms with Crippen molar-refractivity contribution >= 4 is 50.4 Å². The highest BCUT2D eigenvalue weighted by Crippen LogP contribution is 2.42. The number of aryl methyl sites for hydroxylation is 1. The van der Waals surface area contributed by atoms with Crippen molar-refractivity contribution in [2.45, 2.75) is 13.0 Å². The van der Waals surface area contributed by atoms with Gasteiger partial charge < -0.3 is 14.7 Å². The van der Waals surface area contributed by atoms with Crippen molar-refractivity contribution in [2.24, 2.45) is 0 Å². The molecule has 2 aliphatic heterocycles. The SMILES string of the molecule is Cc1c(C(=O)C2=C(O)C(=O)N(CCN3CCOCC3)C2c2cccs2)sc2nc3ccccc3n12. The summed E-state index contributed by atoms with van der Waals surface area (Å²) in [6.45, 7) is 5.91. The third kappa shape index (κ3) is 3.68. The highest BCUT2D eigenvalue weighted by molar-refractivity contribution is 7.19. The Morgan fingerprint density at radius 1 is 1.17 bits per heavy atom. The van der Waals surface area contributed by atoms with Crippen molar-refractivity contribution in [3.63, 3.8) is 0 Å². The first-order valence-corrected chi connectivity index (χ1v) is 13.2. The summed E-state index contributed by atoms with van der Waals surface area (Å²) in [7, 11) is 0. The molecule has 1 N–H and O–H groups in total. The molecule has 1 saturated heterocycles. The second-order valence-corrected chi connectivity index (χ2v) is 10.7. The summed E-state index contributed by atoms with van der Waals surface area (Å²) in [6, 6.07) is 11.0. The number of hydrogen-bond acceptors (Lipinski definition) is 8. The number of thiazole rings is 1. The van der Waals surface area contributed by atoms with Crippen LogP contribution in [0.1, 0.15) is 26.3 Å². The highest BCUT2D eigenvalue weighted by atomic mass is 32.1. The zero-order valence-electron chi connectivity index (χ0n) is 19.1. The average molecular weight is 509 g/mol. The number of hydrogen-bond donors (Lipinski definition) is 1. The van der Waals surface area contributed by atoms with Gasteiger partial charge in [0.25, 0.3) is 5.91 Å². The van der Waals surface area contributed by atoms with Gasteiger partial charge in [0, 0.05) is 36.8 Å². The minimum Gasteiger partial charge on any atom is -0.503 e. The van der Waals surface area contributed by atoms with Crippen LogP contribution in [-0.2, 0) is 9.53 Å². The minimum absolute atomic E-state index is 0.149. The smallest absolute Gasteiger partial charge is 0.290 e. The Bertz CT molecular complexity index is 1460. The summed E-state index contributed by atoms with van der Waals surface area (Å²) < 4.78 is 7.39. The molecule has 1 amide bonds. The summed E-state index contributed by atoms with van der Waals surface area (Å²) in [5, 5.41) is 12.9. The number of fused-ring (bicyclic) bond motifs is 3. The monoisotopic (exact) mass is 508 g/mol. The lowest BCUT2D eigenvalue weighted by Gasteiger charge is -2.31. The number of imidazole rings is 1. The maximum Gasteiger partial charge on any atom is 0.290 e. The molecule has 2 aliphatic rings. The fraction of sp³-hybridized carbons (Fsp3) is 0.320. The number of morpholine rings is 1. The van der Waals surface area contributed by atoms with Crippen LogP contribution >= 0.6 is 22.7 Å². The normalized spacial score (nSPS) is 19.5. The Morgan fingerprint density at radius 2 is 1.97 bits per heavy atom. The predicted molar refractivity (Wildman–Crippen MR) is 135 cm³/mol. The van der Waals surface area contributed by atoms with Crippen molar-refractivity contribution in [1.82, 2.24) is 19.2 Å². The summed E-state index contributed by atoms with van der Waals surface area (Å²) in [5.41, 5.74) is 2.70. The van der Waals surface area contributed by atoms with E-state index in [4.69, 9.17) is 4.74 Å². The van der Waals surface area contributed by atoms with Crippen LogP contribution in [0.5, 0.6) is 0 Å². The Morgan fingerprint density at radius 3 is 2.74 bits per heavy atom. The third-order valence-corrected chi connectivity index (χ3v) is 8.78. The number of aromatic nitrogens is 2. The summed E-state index contributed by atoms with van der Waals surface area (Å²) >= 11 is 2.77. The van der Waals surface area contributed by atoms with Gasteiger partial charge in [0.05, 0.1) is 40.7 Å². The molecule has 4 aromatic rings. The van der Waals surface area contributed by atoms with E-state index in [1.54, 1.807) is 4.90 Å². The van der Waals surface area contributed by atoms with E-state index < -0.39 is 17.7 Å². The standard InChI is InChI=1S/C25H24N4O4S2/c1-15-23(35-25-26-16-5-2-3-6-17(16)29(15)25)21(30)19-20(18-7-4-14-34-18)28(24(32)22(19)31)9-8-27-10-12-33-13-11-27/h2-7,14,20,31H,8-13H2,1H3. The maximum atomic E-state index is 13.9. The molecule has 0 aliphatic carbocycles. The van der Waals surface area contributed by atoms with Crippen molar-refractivity contribution in [3.8, 4) is 0 Å². The van der Waals surface area contributed by atoms with Crippen LogP contribution in [0.25, 0.3) is 16.0 Å². The number of benzene rings is 1. The number of aliphatic hydroxyl groups is 1. The summed E-state index contributed by atoms with van der Waals surface area (Å²) in [6.07, 6.45) is 0. The number of aliphatic hydroxyl groups excluding tert-OH is 1. The van der Waals surface area contributed by atoms with Gasteiger partial charge in [-0.05, 0) is 30.5 Å². The Labute approximate surface area is 209 Å². The van der Waals surface area contributed by atoms with E-state index in [-0.39, 0.29) is 11.4 Å². The van der Waals surface area contributed by atoms with Gasteiger partial charge in [-0.3, -0.25) is 18.9 Å². The molecule has 6 rings (SSSR count). The van der Waals surface area contributed by atoms with E-state index >= 15 is 0 Å². The quantitative estimate of drug-likeness (QED) is 0.399. The molecule has 8 nitrogen and oxygen atoms in total. The molecule has 0 spiro atoms. The zero-order valence-corrected chi connectivity index (χ0v) is 20.8. The van der Waals surface area contributed by atoms with Gasteiger partial charge in [-0.25, -0.2) is 4.98 Å². The molecule has 0 radical (unpaired) electrons. The van der Waals surface area contributed by atoms with Crippen molar-refractivity contribution in [1.29, 1.82) is 0 Å². The first-order chi connectivity index (χ1) is 17.0. The molecule has 10 heteroatoms. The van der Waals surface area contributed by atoms with E-state index in [1.807, 2.05) is 53.1 Å². The van der Waals surface area contributed by atoms with Crippen LogP contribution in [0, 0.1) is 6.92 Å². The Kier molecular flexibility index (Phi) is 5.68. The molecule has 1 aromatic carbocycles. The van der Waals surface area contributed by atoms with Gasteiger partial charge in [0.2, 0.25) is 5.78 Å². The van der Waals surface area contributed by atoms with Crippen molar-refractivity contribution in [3.05, 3.63) is 68.6 Å². The zero-order chi connectivity index (χ0) is 24.1. The maximum absolute atomic E-state index is 13.9. The first-order valence-electron chi connectivity index (χ1n) is 11.5. The number of Topliss-reactive ketones (excluding diaryl/α,β-unsaturated/α-hetero) is 1. The fourth-order valence-corrected chi connectivity index (χ4v) is 6.87. The fourth-order valence-electron chi connectivity index (χ4n) is 4.93. The molecule has 180 valence electrons. The molecule has 1 fully saturated rings. The number of amides is 1. The second-order valence-electron chi connectivity index (χ2n) is 8.70. The van der Waals surface area contributed by atoms with Crippen molar-refractivity contribution in [2.75, 3.05) is 39.4 Å². The Hall–Kier alpha value is -3.05. The molecule has 0 bridgehead atoms. The number of nitrogens with zero attached hydrogens (tertiary/aromatic N) is 4. The van der Waals surface area contributed by atoms with Crippen LogP contribution in [-0.4, -0.2) is 75.4 Å². The lowest BCUT2D eigenvalue weighted by molar-refractivity contribution is -0.129. The number of thiophene rings is 1. The summed E-state index contributed by atoms with van der Waals surface area (Å²) in [4.78, 5) is 37.8. The van der Waals surface area contributed by atoms with E-state index in [2.05, 4.69) is 9.88 Å². The average Bonchev–Trinajstić information content (AvgIpc) is 3.64. The molecule has 35 heavy (non-hydrogen) atoms. The highest BCUT2D eigenvalue weighted by Gasteiger charge is 2.45. The molecule has 1 atom stereocenters. The minimum atomic E-state index is -0.610.